The average molecular weight is 298 g/mol. The second-order valence-corrected chi connectivity index (χ2v) is 5.35. The summed E-state index contributed by atoms with van der Waals surface area (Å²) in [6.45, 7) is 3.03. The van der Waals surface area contributed by atoms with Gasteiger partial charge in [0, 0.05) is 10.6 Å². The number of halogens is 1. The van der Waals surface area contributed by atoms with Gasteiger partial charge in [-0.3, -0.25) is 0 Å². The largest absolute Gasteiger partial charge is 0.496 e. The third-order valence-corrected chi connectivity index (χ3v) is 3.73. The third kappa shape index (κ3) is 3.43. The lowest BCUT2D eigenvalue weighted by Gasteiger charge is -2.19. The van der Waals surface area contributed by atoms with Gasteiger partial charge in [0.25, 0.3) is 0 Å². The summed E-state index contributed by atoms with van der Waals surface area (Å²) in [4.78, 5) is 1.05. The van der Waals surface area contributed by atoms with Crippen molar-refractivity contribution in [3.05, 3.63) is 39.9 Å². The van der Waals surface area contributed by atoms with Gasteiger partial charge in [0.1, 0.15) is 5.75 Å². The maximum atomic E-state index is 6.10. The second-order valence-electron chi connectivity index (χ2n) is 4.09. The van der Waals surface area contributed by atoms with E-state index >= 15 is 0 Å². The van der Waals surface area contributed by atoms with Gasteiger partial charge in [-0.1, -0.05) is 23.0 Å². The molecular formula is C13H16ClN3OS. The molecule has 1 aromatic heterocycles. The Balaban J connectivity index is 2.39. The van der Waals surface area contributed by atoms with Crippen molar-refractivity contribution in [3.63, 3.8) is 0 Å². The number of aromatic nitrogens is 2. The van der Waals surface area contributed by atoms with E-state index in [9.17, 15) is 0 Å². The molecule has 0 amide bonds. The Kier molecular flexibility index (Phi) is 5.13. The molecule has 102 valence electrons. The zero-order valence-electron chi connectivity index (χ0n) is 10.9. The zero-order valence-corrected chi connectivity index (χ0v) is 12.5. The molecule has 19 heavy (non-hydrogen) atoms. The molecular weight excluding hydrogens is 282 g/mol. The zero-order chi connectivity index (χ0) is 13.7. The minimum Gasteiger partial charge on any atom is -0.496 e. The van der Waals surface area contributed by atoms with Crippen molar-refractivity contribution in [2.45, 2.75) is 19.4 Å². The normalized spacial score (nSPS) is 12.4. The highest BCUT2D eigenvalue weighted by molar-refractivity contribution is 7.05. The van der Waals surface area contributed by atoms with Crippen LogP contribution >= 0.6 is 23.1 Å². The average Bonchev–Trinajstić information content (AvgIpc) is 2.93. The van der Waals surface area contributed by atoms with Crippen molar-refractivity contribution in [1.82, 2.24) is 14.9 Å². The fourth-order valence-electron chi connectivity index (χ4n) is 1.89. The maximum absolute atomic E-state index is 6.10. The SMILES string of the molecule is CCCNC(c1cnns1)c1cc(Cl)ccc1OC. The van der Waals surface area contributed by atoms with Crippen LogP contribution in [0.1, 0.15) is 29.8 Å². The van der Waals surface area contributed by atoms with Gasteiger partial charge in [0.05, 0.1) is 24.2 Å². The summed E-state index contributed by atoms with van der Waals surface area (Å²) >= 11 is 7.48. The predicted molar refractivity (Wildman–Crippen MR) is 78.0 cm³/mol. The number of rotatable bonds is 6. The molecule has 2 rings (SSSR count). The maximum Gasteiger partial charge on any atom is 0.124 e. The Labute approximate surface area is 121 Å². The molecule has 2 aromatic rings. The molecule has 0 saturated carbocycles. The van der Waals surface area contributed by atoms with Gasteiger partial charge in [0.15, 0.2) is 0 Å². The van der Waals surface area contributed by atoms with Crippen molar-refractivity contribution in [3.8, 4) is 5.75 Å². The first-order valence-electron chi connectivity index (χ1n) is 6.10. The van der Waals surface area contributed by atoms with Crippen LogP contribution in [0, 0.1) is 0 Å². The molecule has 1 N–H and O–H groups in total. The minimum absolute atomic E-state index is 0.00796. The van der Waals surface area contributed by atoms with Crippen molar-refractivity contribution >= 4 is 23.1 Å². The molecule has 0 saturated heterocycles. The molecule has 4 nitrogen and oxygen atoms in total. The molecule has 0 aliphatic rings. The lowest BCUT2D eigenvalue weighted by Crippen LogP contribution is -2.23. The first-order valence-corrected chi connectivity index (χ1v) is 7.25. The van der Waals surface area contributed by atoms with Gasteiger partial charge in [-0.25, -0.2) is 0 Å². The van der Waals surface area contributed by atoms with Crippen molar-refractivity contribution < 1.29 is 4.74 Å². The lowest BCUT2D eigenvalue weighted by atomic mass is 10.0. The fourth-order valence-corrected chi connectivity index (χ4v) is 2.66. The van der Waals surface area contributed by atoms with E-state index in [1.807, 2.05) is 18.2 Å². The molecule has 0 radical (unpaired) electrons. The molecule has 1 heterocycles. The van der Waals surface area contributed by atoms with Crippen LogP contribution in [0.4, 0.5) is 0 Å². The van der Waals surface area contributed by atoms with Crippen molar-refractivity contribution in [1.29, 1.82) is 0 Å². The van der Waals surface area contributed by atoms with E-state index in [2.05, 4.69) is 21.8 Å². The van der Waals surface area contributed by atoms with Crippen LogP contribution in [0.15, 0.2) is 24.4 Å². The van der Waals surface area contributed by atoms with Crippen LogP contribution in [0.2, 0.25) is 5.02 Å². The quantitative estimate of drug-likeness (QED) is 0.889. The number of benzene rings is 1. The van der Waals surface area contributed by atoms with E-state index in [-0.39, 0.29) is 6.04 Å². The molecule has 1 atom stereocenters. The number of hydrogen-bond donors (Lipinski definition) is 1. The van der Waals surface area contributed by atoms with Crippen LogP contribution in [-0.4, -0.2) is 23.2 Å². The summed E-state index contributed by atoms with van der Waals surface area (Å²) in [6, 6.07) is 5.64. The van der Waals surface area contributed by atoms with Gasteiger partial charge in [0.2, 0.25) is 0 Å². The summed E-state index contributed by atoms with van der Waals surface area (Å²) in [5.74, 6) is 0.811. The Hall–Kier alpha value is -1.17. The third-order valence-electron chi connectivity index (χ3n) is 2.76. The van der Waals surface area contributed by atoms with Gasteiger partial charge in [-0.2, -0.15) is 0 Å². The lowest BCUT2D eigenvalue weighted by molar-refractivity contribution is 0.404. The topological polar surface area (TPSA) is 47.0 Å². The summed E-state index contributed by atoms with van der Waals surface area (Å²) in [6.07, 6.45) is 2.82. The Bertz CT molecular complexity index is 519. The van der Waals surface area contributed by atoms with E-state index in [1.165, 1.54) is 11.5 Å². The smallest absolute Gasteiger partial charge is 0.124 e. The molecule has 0 aliphatic carbocycles. The summed E-state index contributed by atoms with van der Waals surface area (Å²) in [7, 11) is 1.66. The van der Waals surface area contributed by atoms with Gasteiger partial charge < -0.3 is 10.1 Å². The van der Waals surface area contributed by atoms with Crippen molar-refractivity contribution in [2.75, 3.05) is 13.7 Å². The molecule has 0 spiro atoms. The number of hydrogen-bond acceptors (Lipinski definition) is 5. The molecule has 1 aromatic carbocycles. The Morgan fingerprint density at radius 1 is 1.47 bits per heavy atom. The number of nitrogens with one attached hydrogen (secondary N) is 1. The monoisotopic (exact) mass is 297 g/mol. The van der Waals surface area contributed by atoms with E-state index in [0.29, 0.717) is 5.02 Å². The molecule has 0 aliphatic heterocycles. The van der Waals surface area contributed by atoms with E-state index in [4.69, 9.17) is 16.3 Å². The first kappa shape index (κ1) is 14.2. The first-order chi connectivity index (χ1) is 9.26. The number of ether oxygens (including phenoxy) is 1. The van der Waals surface area contributed by atoms with Crippen LogP contribution < -0.4 is 10.1 Å². The Morgan fingerprint density at radius 2 is 2.32 bits per heavy atom. The highest BCUT2D eigenvalue weighted by Crippen LogP contribution is 2.33. The molecule has 1 unspecified atom stereocenters. The summed E-state index contributed by atoms with van der Waals surface area (Å²) in [5.41, 5.74) is 1.01. The van der Waals surface area contributed by atoms with Crippen molar-refractivity contribution in [2.24, 2.45) is 0 Å². The Morgan fingerprint density at radius 3 is 2.95 bits per heavy atom. The number of nitrogens with zero attached hydrogens (tertiary/aromatic N) is 2. The highest BCUT2D eigenvalue weighted by Gasteiger charge is 2.20. The second kappa shape index (κ2) is 6.84. The molecule has 6 heteroatoms. The van der Waals surface area contributed by atoms with Gasteiger partial charge in [-0.15, -0.1) is 5.10 Å². The van der Waals surface area contributed by atoms with E-state index in [0.717, 1.165) is 29.2 Å². The summed E-state index contributed by atoms with van der Waals surface area (Å²) < 4.78 is 9.36. The number of methoxy groups -OCH3 is 1. The summed E-state index contributed by atoms with van der Waals surface area (Å²) in [5, 5.41) is 8.08. The van der Waals surface area contributed by atoms with E-state index in [1.54, 1.807) is 13.3 Å². The molecule has 0 bridgehead atoms. The fraction of sp³-hybridized carbons (Fsp3) is 0.385. The highest BCUT2D eigenvalue weighted by atomic mass is 35.5. The van der Waals surface area contributed by atoms with Crippen LogP contribution in [0.25, 0.3) is 0 Å². The standard InChI is InChI=1S/C13H16ClN3OS/c1-3-6-15-13(12-8-16-17-19-12)10-7-9(14)4-5-11(10)18-2/h4-5,7-8,13,15H,3,6H2,1-2H3. The predicted octanol–water partition coefficient (Wildman–Crippen LogP) is 3.29. The minimum atomic E-state index is 0.00796. The van der Waals surface area contributed by atoms with Gasteiger partial charge in [-0.05, 0) is 42.7 Å². The van der Waals surface area contributed by atoms with Crippen LogP contribution in [0.3, 0.4) is 0 Å². The van der Waals surface area contributed by atoms with E-state index < -0.39 is 0 Å². The van der Waals surface area contributed by atoms with Crippen LogP contribution in [0.5, 0.6) is 5.75 Å². The molecule has 0 fully saturated rings. The van der Waals surface area contributed by atoms with Crippen LogP contribution in [-0.2, 0) is 0 Å². The van der Waals surface area contributed by atoms with Gasteiger partial charge >= 0.3 is 0 Å².